The Morgan fingerprint density at radius 3 is 2.38 bits per heavy atom. The fraction of sp³-hybridized carbons (Fsp3) is 0.462. The van der Waals surface area contributed by atoms with E-state index in [9.17, 15) is 13.2 Å². The maximum atomic E-state index is 11.5. The van der Waals surface area contributed by atoms with Gasteiger partial charge in [-0.1, -0.05) is 29.3 Å². The van der Waals surface area contributed by atoms with E-state index < -0.39 is 21.8 Å². The van der Waals surface area contributed by atoms with Gasteiger partial charge in [-0.25, -0.2) is 8.42 Å². The summed E-state index contributed by atoms with van der Waals surface area (Å²) < 4.78 is 23.0. The van der Waals surface area contributed by atoms with Crippen molar-refractivity contribution < 1.29 is 18.3 Å². The fourth-order valence-corrected chi connectivity index (χ4v) is 3.92. The average molecular weight is 352 g/mol. The summed E-state index contributed by atoms with van der Waals surface area (Å²) >= 11 is 11.9. The van der Waals surface area contributed by atoms with Crippen LogP contribution in [0.1, 0.15) is 18.0 Å². The zero-order valence-corrected chi connectivity index (χ0v) is 13.5. The van der Waals surface area contributed by atoms with E-state index in [1.54, 1.807) is 18.2 Å². The van der Waals surface area contributed by atoms with Crippen molar-refractivity contribution in [3.8, 4) is 0 Å². The highest BCUT2D eigenvalue weighted by atomic mass is 35.5. The van der Waals surface area contributed by atoms with Crippen LogP contribution in [0.2, 0.25) is 10.0 Å². The van der Waals surface area contributed by atoms with Gasteiger partial charge >= 0.3 is 5.97 Å². The summed E-state index contributed by atoms with van der Waals surface area (Å²) in [5, 5.41) is 9.85. The SMILES string of the molecule is O=C(O)CC(c1ccc(Cl)c(Cl)c1)N1CCS(=O)(=O)CC1. The summed E-state index contributed by atoms with van der Waals surface area (Å²) in [6.45, 7) is 0.640. The quantitative estimate of drug-likeness (QED) is 0.900. The molecule has 1 aliphatic rings. The highest BCUT2D eigenvalue weighted by Gasteiger charge is 2.29. The topological polar surface area (TPSA) is 74.7 Å². The molecule has 2 rings (SSSR count). The smallest absolute Gasteiger partial charge is 0.305 e. The predicted molar refractivity (Wildman–Crippen MR) is 81.7 cm³/mol. The van der Waals surface area contributed by atoms with Crippen LogP contribution in [0.25, 0.3) is 0 Å². The second-order valence-corrected chi connectivity index (χ2v) is 8.09. The van der Waals surface area contributed by atoms with Gasteiger partial charge in [-0.3, -0.25) is 9.69 Å². The number of sulfone groups is 1. The van der Waals surface area contributed by atoms with Gasteiger partial charge in [0.25, 0.3) is 0 Å². The average Bonchev–Trinajstić information content (AvgIpc) is 2.39. The van der Waals surface area contributed by atoms with Crippen LogP contribution in [-0.4, -0.2) is 49.0 Å². The Kier molecular flexibility index (Phi) is 5.14. The Hall–Kier alpha value is -0.820. The second kappa shape index (κ2) is 6.52. The summed E-state index contributed by atoms with van der Waals surface area (Å²) in [7, 11) is -3.01. The van der Waals surface area contributed by atoms with Crippen LogP contribution in [0.5, 0.6) is 0 Å². The van der Waals surface area contributed by atoms with Gasteiger partial charge in [0.1, 0.15) is 0 Å². The van der Waals surface area contributed by atoms with Gasteiger partial charge < -0.3 is 5.11 Å². The third-order valence-electron chi connectivity index (χ3n) is 3.52. The van der Waals surface area contributed by atoms with E-state index in [2.05, 4.69) is 0 Å². The molecular formula is C13H15Cl2NO4S. The van der Waals surface area contributed by atoms with E-state index in [1.807, 2.05) is 4.90 Å². The molecule has 0 radical (unpaired) electrons. The number of carbonyl (C=O) groups is 1. The number of aliphatic carboxylic acids is 1. The molecule has 1 atom stereocenters. The first-order chi connectivity index (χ1) is 9.78. The monoisotopic (exact) mass is 351 g/mol. The molecule has 5 nitrogen and oxygen atoms in total. The van der Waals surface area contributed by atoms with E-state index in [1.165, 1.54) is 0 Å². The normalized spacial score (nSPS) is 20.1. The first kappa shape index (κ1) is 16.5. The van der Waals surface area contributed by atoms with Gasteiger partial charge in [0.05, 0.1) is 28.0 Å². The van der Waals surface area contributed by atoms with Crippen molar-refractivity contribution in [2.24, 2.45) is 0 Å². The van der Waals surface area contributed by atoms with Gasteiger partial charge in [0, 0.05) is 19.1 Å². The molecule has 1 aromatic rings. The lowest BCUT2D eigenvalue weighted by molar-refractivity contribution is -0.138. The summed E-state index contributed by atoms with van der Waals surface area (Å²) in [6, 6.07) is 4.58. The third kappa shape index (κ3) is 4.32. The van der Waals surface area contributed by atoms with Crippen molar-refractivity contribution in [3.63, 3.8) is 0 Å². The Labute approximate surface area is 133 Å². The molecule has 1 N–H and O–H groups in total. The number of hydrogen-bond acceptors (Lipinski definition) is 4. The van der Waals surface area contributed by atoms with E-state index in [0.717, 1.165) is 5.56 Å². The molecule has 0 bridgehead atoms. The Balaban J connectivity index is 2.26. The number of nitrogens with zero attached hydrogens (tertiary/aromatic N) is 1. The van der Waals surface area contributed by atoms with Crippen molar-refractivity contribution in [1.29, 1.82) is 0 Å². The van der Waals surface area contributed by atoms with Gasteiger partial charge in [-0.15, -0.1) is 0 Å². The van der Waals surface area contributed by atoms with Crippen LogP contribution in [0.15, 0.2) is 18.2 Å². The molecule has 8 heteroatoms. The van der Waals surface area contributed by atoms with Crippen molar-refractivity contribution in [2.45, 2.75) is 12.5 Å². The number of hydrogen-bond donors (Lipinski definition) is 1. The number of carboxylic acids is 1. The van der Waals surface area contributed by atoms with Crippen molar-refractivity contribution >= 4 is 39.0 Å². The number of halogens is 2. The molecule has 0 saturated carbocycles. The minimum atomic E-state index is -3.01. The van der Waals surface area contributed by atoms with E-state index in [0.29, 0.717) is 23.1 Å². The number of rotatable bonds is 4. The Bertz CT molecular complexity index is 634. The molecule has 1 aromatic carbocycles. The summed E-state index contributed by atoms with van der Waals surface area (Å²) in [5.41, 5.74) is 0.728. The fourth-order valence-electron chi connectivity index (χ4n) is 2.38. The van der Waals surface area contributed by atoms with Gasteiger partial charge in [-0.2, -0.15) is 0 Å². The molecule has 1 aliphatic heterocycles. The maximum absolute atomic E-state index is 11.5. The lowest BCUT2D eigenvalue weighted by Gasteiger charge is -2.34. The molecule has 116 valence electrons. The van der Waals surface area contributed by atoms with Crippen LogP contribution in [0.4, 0.5) is 0 Å². The lowest BCUT2D eigenvalue weighted by atomic mass is 10.0. The molecule has 1 unspecified atom stereocenters. The zero-order valence-electron chi connectivity index (χ0n) is 11.1. The molecule has 0 spiro atoms. The standard InChI is InChI=1S/C13H15Cl2NO4S/c14-10-2-1-9(7-11(10)15)12(8-13(17)18)16-3-5-21(19,20)6-4-16/h1-2,7,12H,3-6,8H2,(H,17,18). The van der Waals surface area contributed by atoms with Crippen molar-refractivity contribution in [3.05, 3.63) is 33.8 Å². The van der Waals surface area contributed by atoms with Crippen molar-refractivity contribution in [1.82, 2.24) is 4.90 Å². The Morgan fingerprint density at radius 2 is 1.86 bits per heavy atom. The van der Waals surface area contributed by atoms with Gasteiger partial charge in [0.2, 0.25) is 0 Å². The molecule has 1 heterocycles. The van der Waals surface area contributed by atoms with E-state index in [4.69, 9.17) is 28.3 Å². The van der Waals surface area contributed by atoms with Crippen LogP contribution in [0, 0.1) is 0 Å². The Morgan fingerprint density at radius 1 is 1.24 bits per heavy atom. The maximum Gasteiger partial charge on any atom is 0.305 e. The predicted octanol–water partition coefficient (Wildman–Crippen LogP) is 2.24. The van der Waals surface area contributed by atoms with Crippen LogP contribution in [-0.2, 0) is 14.6 Å². The van der Waals surface area contributed by atoms with Gasteiger partial charge in [0.15, 0.2) is 9.84 Å². The summed E-state index contributed by atoms with van der Waals surface area (Å²) in [4.78, 5) is 13.0. The molecule has 1 saturated heterocycles. The highest BCUT2D eigenvalue weighted by molar-refractivity contribution is 7.91. The molecule has 0 aliphatic carbocycles. The summed E-state index contributed by atoms with van der Waals surface area (Å²) in [5.74, 6) is -0.853. The summed E-state index contributed by atoms with van der Waals surface area (Å²) in [6.07, 6.45) is -0.113. The minimum absolute atomic E-state index is 0.0461. The largest absolute Gasteiger partial charge is 0.481 e. The highest BCUT2D eigenvalue weighted by Crippen LogP contribution is 2.31. The van der Waals surface area contributed by atoms with Crippen molar-refractivity contribution in [2.75, 3.05) is 24.6 Å². The van der Waals surface area contributed by atoms with Crippen LogP contribution in [0.3, 0.4) is 0 Å². The first-order valence-corrected chi connectivity index (χ1v) is 8.97. The zero-order chi connectivity index (χ0) is 15.6. The molecule has 0 aromatic heterocycles. The third-order valence-corrected chi connectivity index (χ3v) is 5.86. The molecule has 0 amide bonds. The molecule has 1 fully saturated rings. The molecular weight excluding hydrogens is 337 g/mol. The minimum Gasteiger partial charge on any atom is -0.481 e. The second-order valence-electron chi connectivity index (χ2n) is 4.97. The van der Waals surface area contributed by atoms with E-state index >= 15 is 0 Å². The van der Waals surface area contributed by atoms with E-state index in [-0.39, 0.29) is 17.9 Å². The number of benzene rings is 1. The number of carboxylic acid groups (broad SMARTS) is 1. The first-order valence-electron chi connectivity index (χ1n) is 6.40. The van der Waals surface area contributed by atoms with Crippen LogP contribution >= 0.6 is 23.2 Å². The van der Waals surface area contributed by atoms with Crippen LogP contribution < -0.4 is 0 Å². The van der Waals surface area contributed by atoms with Gasteiger partial charge in [-0.05, 0) is 17.7 Å². The molecule has 21 heavy (non-hydrogen) atoms. The lowest BCUT2D eigenvalue weighted by Crippen LogP contribution is -2.42.